The van der Waals surface area contributed by atoms with E-state index in [2.05, 4.69) is 272 Å². The number of benzene rings is 11. The summed E-state index contributed by atoms with van der Waals surface area (Å²) in [6, 6.07) is 87.3. The Morgan fingerprint density at radius 3 is 1.64 bits per heavy atom. The third kappa shape index (κ3) is 7.28. The molecule has 3 nitrogen and oxygen atoms in total. The Balaban J connectivity index is 0.948. The quantitative estimate of drug-likeness (QED) is 0.141. The first-order chi connectivity index (χ1) is 39.3. The van der Waals surface area contributed by atoms with Gasteiger partial charge in [-0.2, -0.15) is 0 Å². The first-order valence-electron chi connectivity index (χ1n) is 28.3. The first-order valence-corrected chi connectivity index (χ1v) is 30.0. The molecule has 0 unspecified atom stereocenters. The van der Waals surface area contributed by atoms with Crippen LogP contribution in [0, 0.1) is 0 Å². The normalized spacial score (nSPS) is 13.1. The molecule has 5 heterocycles. The van der Waals surface area contributed by atoms with Gasteiger partial charge in [0.05, 0.1) is 27.8 Å². The number of para-hydroxylation sites is 2. The molecular weight excluding hydrogens is 1010 g/mol. The van der Waals surface area contributed by atoms with Gasteiger partial charge >= 0.3 is 0 Å². The standard InChI is InChI=1S/C74H56BN3S2/c1-5-6-23-57-64(39-34-56-55-26-15-18-29-69(55)80-73(56)57)78-67-44-51(76-62-27-16-13-24-53(62)58-40-48(30-37-65(58)76)46-19-9-7-10-20-46)32-35-60(67)75-61-36-33-52(45-70(61)79-71-43-50(74(2,3)4)42-68(78)72(71)75)77-63-28-17-14-25-54(63)59-41-49(31-38-66(59)77)47-21-11-8-12-22-47/h7-22,24-45H,5-6,23H2,1-4H3. The minimum Gasteiger partial charge on any atom is -0.311 e. The van der Waals surface area contributed by atoms with Gasteiger partial charge < -0.3 is 14.0 Å². The van der Waals surface area contributed by atoms with Crippen LogP contribution in [0.3, 0.4) is 0 Å². The van der Waals surface area contributed by atoms with E-state index in [-0.39, 0.29) is 12.1 Å². The third-order valence-electron chi connectivity index (χ3n) is 17.3. The molecule has 80 heavy (non-hydrogen) atoms. The SMILES string of the molecule is CCCCc1c(N2c3cc(-n4c5ccccc5c5cc(-c6ccccc6)ccc54)ccc3B3c4ccc(-n5c6ccccc6c6cc(-c7ccccc7)ccc65)cc4Sc4cc(C(C)(C)C)cc2c43)ccc2c1sc1ccccc12. The Bertz CT molecular complexity index is 4850. The second-order valence-corrected chi connectivity index (χ2v) is 25.2. The Labute approximate surface area is 475 Å². The molecule has 6 heteroatoms. The summed E-state index contributed by atoms with van der Waals surface area (Å²) in [5.41, 5.74) is 22.6. The van der Waals surface area contributed by atoms with E-state index in [9.17, 15) is 0 Å². The zero-order valence-electron chi connectivity index (χ0n) is 45.3. The third-order valence-corrected chi connectivity index (χ3v) is 19.7. The molecule has 0 atom stereocenters. The number of unbranched alkanes of at least 4 members (excludes halogenated alkanes) is 1. The fourth-order valence-corrected chi connectivity index (χ4v) is 16.0. The molecule has 0 bridgehead atoms. The highest BCUT2D eigenvalue weighted by Crippen LogP contribution is 2.49. The van der Waals surface area contributed by atoms with Gasteiger partial charge in [-0.25, -0.2) is 0 Å². The highest BCUT2D eigenvalue weighted by molar-refractivity contribution is 8.00. The van der Waals surface area contributed by atoms with Crippen LogP contribution in [0.5, 0.6) is 0 Å². The number of nitrogens with zero attached hydrogens (tertiary/aromatic N) is 3. The van der Waals surface area contributed by atoms with E-state index in [1.807, 2.05) is 23.1 Å². The Hall–Kier alpha value is -8.55. The van der Waals surface area contributed by atoms with E-state index in [0.29, 0.717) is 0 Å². The number of rotatable bonds is 8. The minimum absolute atomic E-state index is 0.00456. The molecule has 11 aromatic carbocycles. The van der Waals surface area contributed by atoms with Crippen molar-refractivity contribution in [2.75, 3.05) is 4.90 Å². The maximum absolute atomic E-state index is 2.71. The van der Waals surface area contributed by atoms with E-state index in [1.165, 1.54) is 146 Å². The number of thiophene rings is 1. The van der Waals surface area contributed by atoms with Crippen molar-refractivity contribution in [2.45, 2.75) is 62.2 Å². The van der Waals surface area contributed by atoms with Crippen LogP contribution in [0.1, 0.15) is 51.7 Å². The Morgan fingerprint density at radius 2 is 1.00 bits per heavy atom. The average Bonchev–Trinajstić information content (AvgIpc) is 4.02. The smallest absolute Gasteiger partial charge is 0.249 e. The molecule has 0 fully saturated rings. The molecule has 2 aliphatic rings. The monoisotopic (exact) mass is 1060 g/mol. The lowest BCUT2D eigenvalue weighted by Gasteiger charge is -2.42. The van der Waals surface area contributed by atoms with Gasteiger partial charge in [0, 0.05) is 74.3 Å². The van der Waals surface area contributed by atoms with Crippen molar-refractivity contribution in [3.8, 4) is 33.6 Å². The summed E-state index contributed by atoms with van der Waals surface area (Å²) in [5.74, 6) is 0. The summed E-state index contributed by atoms with van der Waals surface area (Å²) in [6.45, 7) is 9.48. The fraction of sp³-hybridized carbons (Fsp3) is 0.108. The first kappa shape index (κ1) is 47.5. The molecule has 0 radical (unpaired) electrons. The van der Waals surface area contributed by atoms with Gasteiger partial charge in [0.2, 0.25) is 6.71 Å². The van der Waals surface area contributed by atoms with Gasteiger partial charge in [0.15, 0.2) is 0 Å². The van der Waals surface area contributed by atoms with E-state index in [0.717, 1.165) is 24.9 Å². The van der Waals surface area contributed by atoms with Gasteiger partial charge in [-0.05, 0) is 147 Å². The molecule has 0 spiro atoms. The van der Waals surface area contributed by atoms with E-state index < -0.39 is 0 Å². The van der Waals surface area contributed by atoms with Gasteiger partial charge in [0.25, 0.3) is 0 Å². The summed E-state index contributed by atoms with van der Waals surface area (Å²) in [6.07, 6.45) is 3.23. The molecule has 14 aromatic rings. The summed E-state index contributed by atoms with van der Waals surface area (Å²) in [5, 5.41) is 7.74. The van der Waals surface area contributed by atoms with Gasteiger partial charge in [-0.3, -0.25) is 0 Å². The zero-order valence-corrected chi connectivity index (χ0v) is 46.9. The van der Waals surface area contributed by atoms with Crippen LogP contribution in [-0.4, -0.2) is 15.8 Å². The fourth-order valence-electron chi connectivity index (χ4n) is 13.5. The summed E-state index contributed by atoms with van der Waals surface area (Å²) >= 11 is 3.92. The molecule has 0 saturated carbocycles. The molecule has 16 rings (SSSR count). The predicted octanol–water partition coefficient (Wildman–Crippen LogP) is 19.0. The maximum Gasteiger partial charge on any atom is 0.249 e. The van der Waals surface area contributed by atoms with Crippen molar-refractivity contribution in [1.29, 1.82) is 0 Å². The Kier molecular flexibility index (Phi) is 10.8. The second kappa shape index (κ2) is 18.3. The van der Waals surface area contributed by atoms with Crippen LogP contribution in [0.4, 0.5) is 17.1 Å². The molecule has 0 N–H and O–H groups in total. The summed E-state index contributed by atoms with van der Waals surface area (Å²) in [4.78, 5) is 5.35. The number of hydrogen-bond acceptors (Lipinski definition) is 3. The Morgan fingerprint density at radius 1 is 0.425 bits per heavy atom. The van der Waals surface area contributed by atoms with Crippen molar-refractivity contribution >= 4 is 127 Å². The van der Waals surface area contributed by atoms with Crippen LogP contribution in [-0.2, 0) is 11.8 Å². The number of anilines is 3. The molecule has 0 amide bonds. The number of hydrogen-bond donors (Lipinski definition) is 0. The van der Waals surface area contributed by atoms with Crippen molar-refractivity contribution in [3.05, 3.63) is 242 Å². The number of aryl methyl sites for hydroxylation is 1. The lowest BCUT2D eigenvalue weighted by molar-refractivity contribution is 0.589. The zero-order chi connectivity index (χ0) is 53.4. The van der Waals surface area contributed by atoms with Crippen LogP contribution < -0.4 is 21.3 Å². The van der Waals surface area contributed by atoms with Crippen molar-refractivity contribution in [2.24, 2.45) is 0 Å². The summed E-state index contributed by atoms with van der Waals surface area (Å²) in [7, 11) is 0. The van der Waals surface area contributed by atoms with Gasteiger partial charge in [-0.1, -0.05) is 197 Å². The van der Waals surface area contributed by atoms with Crippen LogP contribution in [0.25, 0.3) is 97.4 Å². The minimum atomic E-state index is -0.110. The average molecular weight is 1060 g/mol. The molecular formula is C74H56BN3S2. The van der Waals surface area contributed by atoms with Crippen LogP contribution >= 0.6 is 23.1 Å². The molecule has 382 valence electrons. The topological polar surface area (TPSA) is 13.1 Å². The number of fused-ring (bicyclic) bond motifs is 13. The lowest BCUT2D eigenvalue weighted by atomic mass is 9.34. The number of aromatic nitrogens is 2. The van der Waals surface area contributed by atoms with E-state index >= 15 is 0 Å². The van der Waals surface area contributed by atoms with Gasteiger partial charge in [0.1, 0.15) is 0 Å². The van der Waals surface area contributed by atoms with Crippen molar-refractivity contribution < 1.29 is 0 Å². The highest BCUT2D eigenvalue weighted by Gasteiger charge is 2.43. The molecule has 2 aliphatic heterocycles. The summed E-state index contributed by atoms with van der Waals surface area (Å²) < 4.78 is 7.76. The predicted molar refractivity (Wildman–Crippen MR) is 346 cm³/mol. The maximum atomic E-state index is 2.71. The molecule has 3 aromatic heterocycles. The van der Waals surface area contributed by atoms with Crippen molar-refractivity contribution in [3.63, 3.8) is 0 Å². The molecule has 0 saturated heterocycles. The highest BCUT2D eigenvalue weighted by atomic mass is 32.2. The van der Waals surface area contributed by atoms with Crippen LogP contribution in [0.15, 0.2) is 240 Å². The second-order valence-electron chi connectivity index (χ2n) is 23.0. The van der Waals surface area contributed by atoms with E-state index in [4.69, 9.17) is 0 Å². The van der Waals surface area contributed by atoms with Crippen molar-refractivity contribution in [1.82, 2.24) is 9.13 Å². The lowest BCUT2D eigenvalue weighted by Crippen LogP contribution is -2.60. The van der Waals surface area contributed by atoms with E-state index in [1.54, 1.807) is 0 Å². The van der Waals surface area contributed by atoms with Crippen LogP contribution in [0.2, 0.25) is 0 Å². The van der Waals surface area contributed by atoms with Gasteiger partial charge in [-0.15, -0.1) is 11.3 Å². The largest absolute Gasteiger partial charge is 0.311 e. The molecule has 0 aliphatic carbocycles.